The number of carbonyl (C=O) groups is 1. The van der Waals surface area contributed by atoms with Crippen LogP contribution in [-0.2, 0) is 0 Å². The second kappa shape index (κ2) is 5.31. The first kappa shape index (κ1) is 13.8. The van der Waals surface area contributed by atoms with Crippen molar-refractivity contribution < 1.29 is 9.90 Å². The van der Waals surface area contributed by atoms with E-state index < -0.39 is 5.97 Å². The van der Waals surface area contributed by atoms with Gasteiger partial charge in [0.2, 0.25) is 0 Å². The first-order chi connectivity index (χ1) is 10.0. The van der Waals surface area contributed by atoms with Gasteiger partial charge in [-0.2, -0.15) is 0 Å². The van der Waals surface area contributed by atoms with Crippen LogP contribution in [0.25, 0.3) is 10.2 Å². The van der Waals surface area contributed by atoms with Crippen molar-refractivity contribution in [3.8, 4) is 0 Å². The first-order valence-corrected chi connectivity index (χ1v) is 7.25. The van der Waals surface area contributed by atoms with Crippen molar-refractivity contribution >= 4 is 50.6 Å². The number of nitrogens with zero attached hydrogens (tertiary/aromatic N) is 2. The number of fused-ring (bicyclic) bond motifs is 1. The number of halogens is 1. The second-order valence-electron chi connectivity index (χ2n) is 4.42. The molecule has 0 fully saturated rings. The van der Waals surface area contributed by atoms with Gasteiger partial charge in [-0.25, -0.2) is 14.8 Å². The normalized spacial score (nSPS) is 10.8. The highest BCUT2D eigenvalue weighted by atomic mass is 35.5. The largest absolute Gasteiger partial charge is 0.478 e. The zero-order chi connectivity index (χ0) is 15.0. The Morgan fingerprint density at radius 2 is 2.14 bits per heavy atom. The van der Waals surface area contributed by atoms with Crippen LogP contribution in [0.1, 0.15) is 15.2 Å². The molecule has 5 nitrogen and oxygen atoms in total. The molecule has 3 rings (SSSR count). The lowest BCUT2D eigenvalue weighted by Crippen LogP contribution is -1.99. The van der Waals surface area contributed by atoms with Crippen LogP contribution in [-0.4, -0.2) is 21.0 Å². The molecule has 0 saturated carbocycles. The quantitative estimate of drug-likeness (QED) is 0.760. The minimum absolute atomic E-state index is 0.0708. The first-order valence-electron chi connectivity index (χ1n) is 6.05. The van der Waals surface area contributed by atoms with Crippen LogP contribution < -0.4 is 5.32 Å². The van der Waals surface area contributed by atoms with Gasteiger partial charge in [-0.1, -0.05) is 11.6 Å². The topological polar surface area (TPSA) is 75.1 Å². The fourth-order valence-electron chi connectivity index (χ4n) is 1.98. The van der Waals surface area contributed by atoms with E-state index in [0.717, 1.165) is 15.1 Å². The number of aromatic nitrogens is 2. The van der Waals surface area contributed by atoms with Crippen molar-refractivity contribution in [2.75, 3.05) is 5.32 Å². The molecule has 0 aliphatic heterocycles. The van der Waals surface area contributed by atoms with Crippen LogP contribution in [0.2, 0.25) is 5.02 Å². The molecule has 0 spiro atoms. The summed E-state index contributed by atoms with van der Waals surface area (Å²) in [6, 6.07) is 6.69. The molecule has 0 atom stereocenters. The molecule has 0 saturated heterocycles. The molecule has 2 N–H and O–H groups in total. The maximum absolute atomic E-state index is 10.9. The number of nitrogens with one attached hydrogen (secondary N) is 1. The molecule has 2 heterocycles. The summed E-state index contributed by atoms with van der Waals surface area (Å²) in [5.41, 5.74) is 0.746. The highest BCUT2D eigenvalue weighted by Crippen LogP contribution is 2.30. The van der Waals surface area contributed by atoms with Crippen molar-refractivity contribution in [1.82, 2.24) is 9.97 Å². The van der Waals surface area contributed by atoms with E-state index in [1.165, 1.54) is 12.4 Å². The summed E-state index contributed by atoms with van der Waals surface area (Å²) in [7, 11) is 0. The molecule has 3 aromatic rings. The highest BCUT2D eigenvalue weighted by Gasteiger charge is 2.11. The molecule has 0 aliphatic rings. The van der Waals surface area contributed by atoms with Crippen LogP contribution in [0.15, 0.2) is 30.6 Å². The molecule has 0 radical (unpaired) electrons. The summed E-state index contributed by atoms with van der Waals surface area (Å²) < 4.78 is 0. The Bertz CT molecular complexity index is 847. The second-order valence-corrected chi connectivity index (χ2v) is 6.06. The van der Waals surface area contributed by atoms with Gasteiger partial charge in [0.05, 0.1) is 16.0 Å². The van der Waals surface area contributed by atoms with Gasteiger partial charge in [0.15, 0.2) is 0 Å². The predicted octanol–water partition coefficient (Wildman–Crippen LogP) is 4.09. The van der Waals surface area contributed by atoms with E-state index in [0.29, 0.717) is 11.5 Å². The Kier molecular flexibility index (Phi) is 3.48. The third-order valence-electron chi connectivity index (χ3n) is 2.91. The molecule has 0 unspecified atom stereocenters. The molecule has 0 aliphatic carbocycles. The van der Waals surface area contributed by atoms with Gasteiger partial charge >= 0.3 is 5.97 Å². The number of thiophene rings is 1. The molecular weight excluding hydrogens is 310 g/mol. The third kappa shape index (κ3) is 2.68. The Hall–Kier alpha value is -2.18. The van der Waals surface area contributed by atoms with Gasteiger partial charge in [0.25, 0.3) is 0 Å². The van der Waals surface area contributed by atoms with E-state index in [1.807, 2.05) is 13.0 Å². The Morgan fingerprint density at radius 3 is 2.86 bits per heavy atom. The SMILES string of the molecule is Cc1cc2c(Nc3ccc(C(=O)O)c(Cl)c3)ncnc2s1. The van der Waals surface area contributed by atoms with Crippen LogP contribution in [0.5, 0.6) is 0 Å². The number of benzene rings is 1. The Morgan fingerprint density at radius 1 is 1.33 bits per heavy atom. The van der Waals surface area contributed by atoms with Gasteiger partial charge in [0, 0.05) is 10.6 Å². The van der Waals surface area contributed by atoms with Gasteiger partial charge < -0.3 is 10.4 Å². The molecule has 0 bridgehead atoms. The minimum atomic E-state index is -1.05. The van der Waals surface area contributed by atoms with Crippen molar-refractivity contribution in [2.45, 2.75) is 6.92 Å². The van der Waals surface area contributed by atoms with Crippen molar-refractivity contribution in [2.24, 2.45) is 0 Å². The summed E-state index contributed by atoms with van der Waals surface area (Å²) >= 11 is 7.55. The van der Waals surface area contributed by atoms with Gasteiger partial charge in [-0.15, -0.1) is 11.3 Å². The van der Waals surface area contributed by atoms with Gasteiger partial charge in [-0.05, 0) is 31.2 Å². The zero-order valence-corrected chi connectivity index (χ0v) is 12.5. The molecule has 1 aromatic carbocycles. The average molecular weight is 320 g/mol. The number of hydrogen-bond donors (Lipinski definition) is 2. The number of carboxylic acid groups (broad SMARTS) is 1. The van der Waals surface area contributed by atoms with Crippen LogP contribution >= 0.6 is 22.9 Å². The summed E-state index contributed by atoms with van der Waals surface area (Å²) in [6.07, 6.45) is 1.49. The molecule has 106 valence electrons. The van der Waals surface area contributed by atoms with E-state index in [1.54, 1.807) is 23.5 Å². The summed E-state index contributed by atoms with van der Waals surface area (Å²) in [5, 5.41) is 13.2. The summed E-state index contributed by atoms with van der Waals surface area (Å²) in [4.78, 5) is 21.4. The smallest absolute Gasteiger partial charge is 0.337 e. The number of carboxylic acids is 1. The number of hydrogen-bond acceptors (Lipinski definition) is 5. The lowest BCUT2D eigenvalue weighted by molar-refractivity contribution is 0.0697. The number of aryl methyl sites for hydroxylation is 1. The monoisotopic (exact) mass is 319 g/mol. The molecular formula is C14H10ClN3O2S. The van der Waals surface area contributed by atoms with Crippen molar-refractivity contribution in [3.63, 3.8) is 0 Å². The van der Waals surface area contributed by atoms with Gasteiger partial charge in [0.1, 0.15) is 17.0 Å². The molecule has 7 heteroatoms. The maximum atomic E-state index is 10.9. The fraction of sp³-hybridized carbons (Fsp3) is 0.0714. The van der Waals surface area contributed by atoms with Crippen molar-refractivity contribution in [3.05, 3.63) is 46.1 Å². The lowest BCUT2D eigenvalue weighted by atomic mass is 10.2. The third-order valence-corrected chi connectivity index (χ3v) is 4.19. The summed E-state index contributed by atoms with van der Waals surface area (Å²) in [5.74, 6) is -0.382. The van der Waals surface area contributed by atoms with E-state index in [2.05, 4.69) is 15.3 Å². The molecule has 0 amide bonds. The predicted molar refractivity (Wildman–Crippen MR) is 83.8 cm³/mol. The minimum Gasteiger partial charge on any atom is -0.478 e. The molecule has 2 aromatic heterocycles. The lowest BCUT2D eigenvalue weighted by Gasteiger charge is -2.08. The van der Waals surface area contributed by atoms with E-state index >= 15 is 0 Å². The van der Waals surface area contributed by atoms with Crippen LogP contribution in [0.3, 0.4) is 0 Å². The average Bonchev–Trinajstić information content (AvgIpc) is 2.80. The highest BCUT2D eigenvalue weighted by molar-refractivity contribution is 7.18. The summed E-state index contributed by atoms with van der Waals surface area (Å²) in [6.45, 7) is 2.01. The fourth-order valence-corrected chi connectivity index (χ4v) is 3.09. The van der Waals surface area contributed by atoms with Gasteiger partial charge in [-0.3, -0.25) is 0 Å². The number of aromatic carboxylic acids is 1. The Labute approximate surface area is 129 Å². The van der Waals surface area contributed by atoms with Crippen LogP contribution in [0, 0.1) is 6.92 Å². The molecule has 21 heavy (non-hydrogen) atoms. The van der Waals surface area contributed by atoms with Crippen molar-refractivity contribution in [1.29, 1.82) is 0 Å². The van der Waals surface area contributed by atoms with E-state index in [9.17, 15) is 4.79 Å². The maximum Gasteiger partial charge on any atom is 0.337 e. The van der Waals surface area contributed by atoms with E-state index in [-0.39, 0.29) is 10.6 Å². The Balaban J connectivity index is 1.99. The standard InChI is InChI=1S/C14H10ClN3O2S/c1-7-4-10-12(16-6-17-13(10)21-7)18-8-2-3-9(14(19)20)11(15)5-8/h2-6H,1H3,(H,19,20)(H,16,17,18). The van der Waals surface area contributed by atoms with E-state index in [4.69, 9.17) is 16.7 Å². The van der Waals surface area contributed by atoms with Crippen LogP contribution in [0.4, 0.5) is 11.5 Å². The number of rotatable bonds is 3. The zero-order valence-electron chi connectivity index (χ0n) is 10.9. The number of anilines is 2.